The summed E-state index contributed by atoms with van der Waals surface area (Å²) in [4.78, 5) is 14.0. The van der Waals surface area contributed by atoms with Crippen molar-refractivity contribution in [2.24, 2.45) is 11.8 Å². The highest BCUT2D eigenvalue weighted by Gasteiger charge is 2.31. The lowest BCUT2D eigenvalue weighted by molar-refractivity contribution is -0.134. The number of carbonyl (C=O) groups excluding carboxylic acids is 1. The lowest BCUT2D eigenvalue weighted by Gasteiger charge is -2.33. The first-order valence-corrected chi connectivity index (χ1v) is 8.91. The lowest BCUT2D eigenvalue weighted by Crippen LogP contribution is -2.40. The van der Waals surface area contributed by atoms with Crippen molar-refractivity contribution in [2.75, 3.05) is 31.2 Å². The molecule has 2 atom stereocenters. The molecule has 0 aliphatic carbocycles. The molecule has 110 valence electrons. The average Bonchev–Trinajstić information content (AvgIpc) is 2.69. The summed E-state index contributed by atoms with van der Waals surface area (Å²) in [5, 5.41) is 8.96. The Kier molecular flexibility index (Phi) is 4.84. The Bertz CT molecular complexity index is 418. The van der Waals surface area contributed by atoms with Crippen LogP contribution in [0.15, 0.2) is 0 Å². The minimum atomic E-state index is -2.89. The van der Waals surface area contributed by atoms with Gasteiger partial charge in [0.15, 0.2) is 9.84 Å². The Morgan fingerprint density at radius 1 is 1.26 bits per heavy atom. The predicted molar refractivity (Wildman–Crippen MR) is 72.4 cm³/mol. The third-order valence-corrected chi connectivity index (χ3v) is 6.04. The molecule has 0 spiro atoms. The molecule has 1 amide bonds. The van der Waals surface area contributed by atoms with Crippen LogP contribution in [0.4, 0.5) is 0 Å². The van der Waals surface area contributed by atoms with Crippen molar-refractivity contribution in [2.45, 2.75) is 32.1 Å². The Hall–Kier alpha value is -0.620. The second kappa shape index (κ2) is 6.22. The van der Waals surface area contributed by atoms with Crippen molar-refractivity contribution in [3.8, 4) is 0 Å². The fraction of sp³-hybridized carbons (Fsp3) is 0.923. The van der Waals surface area contributed by atoms with Gasteiger partial charge in [0.1, 0.15) is 0 Å². The number of aliphatic hydroxyl groups is 1. The third-order valence-electron chi connectivity index (χ3n) is 4.20. The summed E-state index contributed by atoms with van der Waals surface area (Å²) in [6.45, 7) is 1.67. The zero-order valence-corrected chi connectivity index (χ0v) is 12.1. The maximum atomic E-state index is 12.2. The summed E-state index contributed by atoms with van der Waals surface area (Å²) in [6, 6.07) is 0. The van der Waals surface area contributed by atoms with Gasteiger partial charge in [-0.2, -0.15) is 0 Å². The van der Waals surface area contributed by atoms with Gasteiger partial charge in [-0.1, -0.05) is 0 Å². The summed E-state index contributed by atoms with van der Waals surface area (Å²) in [5.74, 6) is 0.903. The number of piperidine rings is 1. The van der Waals surface area contributed by atoms with Crippen molar-refractivity contribution >= 4 is 15.7 Å². The predicted octanol–water partition coefficient (Wildman–Crippen LogP) is 0.432. The zero-order chi connectivity index (χ0) is 13.9. The van der Waals surface area contributed by atoms with Crippen LogP contribution >= 0.6 is 0 Å². The molecule has 2 aliphatic rings. The summed E-state index contributed by atoms with van der Waals surface area (Å²) in [6.07, 6.45) is 3.80. The molecule has 2 aliphatic heterocycles. The molecule has 0 radical (unpaired) electrons. The molecule has 0 aromatic rings. The van der Waals surface area contributed by atoms with E-state index in [1.807, 2.05) is 4.90 Å². The molecule has 5 nitrogen and oxygen atoms in total. The first-order chi connectivity index (χ1) is 9.00. The summed E-state index contributed by atoms with van der Waals surface area (Å²) < 4.78 is 22.8. The molecule has 19 heavy (non-hydrogen) atoms. The fourth-order valence-electron chi connectivity index (χ4n) is 3.12. The topological polar surface area (TPSA) is 74.7 Å². The molecule has 0 aromatic carbocycles. The van der Waals surface area contributed by atoms with Gasteiger partial charge in [-0.05, 0) is 37.5 Å². The van der Waals surface area contributed by atoms with E-state index in [-0.39, 0.29) is 29.9 Å². The summed E-state index contributed by atoms with van der Waals surface area (Å²) in [7, 11) is -2.89. The number of aliphatic hydroxyl groups excluding tert-OH is 1. The first-order valence-electron chi connectivity index (χ1n) is 7.09. The molecule has 2 unspecified atom stereocenters. The summed E-state index contributed by atoms with van der Waals surface area (Å²) in [5.41, 5.74) is 0. The highest BCUT2D eigenvalue weighted by atomic mass is 32.2. The van der Waals surface area contributed by atoms with Crippen LogP contribution in [0.1, 0.15) is 32.1 Å². The molecule has 0 saturated carbocycles. The fourth-order valence-corrected chi connectivity index (χ4v) is 4.98. The van der Waals surface area contributed by atoms with E-state index in [2.05, 4.69) is 0 Å². The van der Waals surface area contributed by atoms with Crippen LogP contribution in [0.3, 0.4) is 0 Å². The number of amides is 1. The second-order valence-electron chi connectivity index (χ2n) is 5.83. The van der Waals surface area contributed by atoms with E-state index in [9.17, 15) is 13.2 Å². The van der Waals surface area contributed by atoms with Crippen LogP contribution in [0, 0.1) is 11.8 Å². The Labute approximate surface area is 114 Å². The van der Waals surface area contributed by atoms with Gasteiger partial charge in [0.25, 0.3) is 0 Å². The van der Waals surface area contributed by atoms with Crippen molar-refractivity contribution < 1.29 is 18.3 Å². The van der Waals surface area contributed by atoms with Crippen molar-refractivity contribution in [3.05, 3.63) is 0 Å². The normalized spacial score (nSPS) is 30.5. The Morgan fingerprint density at radius 2 is 2.05 bits per heavy atom. The molecule has 2 saturated heterocycles. The van der Waals surface area contributed by atoms with Crippen LogP contribution in [0.25, 0.3) is 0 Å². The van der Waals surface area contributed by atoms with E-state index in [0.717, 1.165) is 32.4 Å². The highest BCUT2D eigenvalue weighted by molar-refractivity contribution is 7.91. The van der Waals surface area contributed by atoms with E-state index in [1.165, 1.54) is 0 Å². The number of carbonyl (C=O) groups is 1. The van der Waals surface area contributed by atoms with Gasteiger partial charge in [0, 0.05) is 26.1 Å². The van der Waals surface area contributed by atoms with E-state index in [0.29, 0.717) is 18.8 Å². The number of nitrogens with zero attached hydrogens (tertiary/aromatic N) is 1. The number of likely N-dealkylation sites (tertiary alicyclic amines) is 1. The molecule has 6 heteroatoms. The maximum Gasteiger partial charge on any atom is 0.222 e. The van der Waals surface area contributed by atoms with Gasteiger partial charge in [-0.3, -0.25) is 4.79 Å². The number of hydrogen-bond donors (Lipinski definition) is 1. The van der Waals surface area contributed by atoms with Crippen LogP contribution < -0.4 is 0 Å². The maximum absolute atomic E-state index is 12.2. The highest BCUT2D eigenvalue weighted by Crippen LogP contribution is 2.25. The first kappa shape index (κ1) is 14.8. The zero-order valence-electron chi connectivity index (χ0n) is 11.3. The van der Waals surface area contributed by atoms with E-state index >= 15 is 0 Å². The van der Waals surface area contributed by atoms with Gasteiger partial charge < -0.3 is 10.0 Å². The van der Waals surface area contributed by atoms with Crippen molar-refractivity contribution in [3.63, 3.8) is 0 Å². The van der Waals surface area contributed by atoms with Gasteiger partial charge in [0.05, 0.1) is 11.5 Å². The molecule has 2 fully saturated rings. The lowest BCUT2D eigenvalue weighted by atomic mass is 9.94. The Morgan fingerprint density at radius 3 is 2.68 bits per heavy atom. The minimum absolute atomic E-state index is 0.00992. The summed E-state index contributed by atoms with van der Waals surface area (Å²) >= 11 is 0. The number of sulfone groups is 1. The molecule has 0 aromatic heterocycles. The van der Waals surface area contributed by atoms with Crippen molar-refractivity contribution in [1.82, 2.24) is 4.90 Å². The second-order valence-corrected chi connectivity index (χ2v) is 8.06. The van der Waals surface area contributed by atoms with Crippen LogP contribution in [-0.4, -0.2) is 55.5 Å². The molecule has 0 bridgehead atoms. The number of hydrogen-bond acceptors (Lipinski definition) is 4. The average molecular weight is 289 g/mol. The monoisotopic (exact) mass is 289 g/mol. The van der Waals surface area contributed by atoms with Crippen molar-refractivity contribution in [1.29, 1.82) is 0 Å². The van der Waals surface area contributed by atoms with Crippen LogP contribution in [0.2, 0.25) is 0 Å². The number of rotatable bonds is 4. The quantitative estimate of drug-likeness (QED) is 0.814. The molecular weight excluding hydrogens is 266 g/mol. The third kappa shape index (κ3) is 4.18. The molecule has 2 heterocycles. The van der Waals surface area contributed by atoms with Crippen LogP contribution in [0.5, 0.6) is 0 Å². The standard InChI is InChI=1S/C13H23NO4S/c15-6-3-11-2-1-5-14(9-11)13(16)8-12-4-7-19(17,18)10-12/h11-12,15H,1-10H2. The minimum Gasteiger partial charge on any atom is -0.396 e. The molecule has 1 N–H and O–H groups in total. The van der Waals surface area contributed by atoms with E-state index in [1.54, 1.807) is 0 Å². The molecular formula is C13H23NO4S. The smallest absolute Gasteiger partial charge is 0.222 e. The van der Waals surface area contributed by atoms with Gasteiger partial charge in [0.2, 0.25) is 5.91 Å². The van der Waals surface area contributed by atoms with E-state index in [4.69, 9.17) is 5.11 Å². The van der Waals surface area contributed by atoms with Gasteiger partial charge in [-0.15, -0.1) is 0 Å². The SMILES string of the molecule is O=C(CC1CCS(=O)(=O)C1)N1CCCC(CCO)C1. The van der Waals surface area contributed by atoms with E-state index < -0.39 is 9.84 Å². The van der Waals surface area contributed by atoms with Crippen LogP contribution in [-0.2, 0) is 14.6 Å². The van der Waals surface area contributed by atoms with Gasteiger partial charge >= 0.3 is 0 Å². The largest absolute Gasteiger partial charge is 0.396 e. The molecule has 2 rings (SSSR count). The Balaban J connectivity index is 1.83. The van der Waals surface area contributed by atoms with Gasteiger partial charge in [-0.25, -0.2) is 8.42 Å².